The van der Waals surface area contributed by atoms with Crippen LogP contribution in [0.4, 0.5) is 0 Å². The fraction of sp³-hybridized carbons (Fsp3) is 0.222. The zero-order valence-electron chi connectivity index (χ0n) is 14.8. The molecule has 0 aliphatic heterocycles. The van der Waals surface area contributed by atoms with Gasteiger partial charge in [-0.25, -0.2) is 4.98 Å². The number of nitrogens with zero attached hydrogens (tertiary/aromatic N) is 4. The molecule has 0 N–H and O–H groups in total. The number of aromatic nitrogens is 4. The summed E-state index contributed by atoms with van der Waals surface area (Å²) in [6, 6.07) is 7.28. The first-order chi connectivity index (χ1) is 12.9. The molecule has 0 atom stereocenters. The summed E-state index contributed by atoms with van der Waals surface area (Å²) in [5.41, 5.74) is 1.76. The summed E-state index contributed by atoms with van der Waals surface area (Å²) in [6.45, 7) is 3.96. The molecule has 0 aliphatic rings. The Morgan fingerprint density at radius 2 is 2.11 bits per heavy atom. The van der Waals surface area contributed by atoms with Crippen LogP contribution in [0.2, 0.25) is 5.02 Å². The fourth-order valence-electron chi connectivity index (χ4n) is 2.67. The maximum absolute atomic E-state index is 12.7. The number of benzene rings is 1. The number of thioether (sulfide) groups is 1. The largest absolute Gasteiger partial charge is 0.338 e. The van der Waals surface area contributed by atoms with Crippen LogP contribution in [0.15, 0.2) is 38.7 Å². The molecule has 0 bridgehead atoms. The van der Waals surface area contributed by atoms with Crippen LogP contribution in [0.3, 0.4) is 0 Å². The second kappa shape index (κ2) is 7.10. The summed E-state index contributed by atoms with van der Waals surface area (Å²) in [7, 11) is 1.73. The molecular formula is C18H15ClN4O2S2. The van der Waals surface area contributed by atoms with Gasteiger partial charge in [0.15, 0.2) is 5.16 Å². The van der Waals surface area contributed by atoms with E-state index in [1.807, 2.05) is 26.0 Å². The van der Waals surface area contributed by atoms with Gasteiger partial charge in [-0.2, -0.15) is 4.98 Å². The van der Waals surface area contributed by atoms with Gasteiger partial charge in [-0.05, 0) is 31.5 Å². The molecule has 27 heavy (non-hydrogen) atoms. The highest BCUT2D eigenvalue weighted by atomic mass is 35.5. The quantitative estimate of drug-likeness (QED) is 0.356. The van der Waals surface area contributed by atoms with E-state index in [1.54, 1.807) is 23.7 Å². The number of hydrogen-bond acceptors (Lipinski definition) is 7. The minimum atomic E-state index is -0.0329. The van der Waals surface area contributed by atoms with Crippen LogP contribution in [0.25, 0.3) is 21.6 Å². The van der Waals surface area contributed by atoms with Crippen molar-refractivity contribution < 1.29 is 4.52 Å². The Bertz CT molecular complexity index is 1210. The number of aryl methyl sites for hydroxylation is 2. The van der Waals surface area contributed by atoms with Crippen molar-refractivity contribution in [2.24, 2.45) is 7.05 Å². The number of fused-ring (bicyclic) bond motifs is 1. The van der Waals surface area contributed by atoms with Gasteiger partial charge in [0.25, 0.3) is 5.56 Å². The van der Waals surface area contributed by atoms with Gasteiger partial charge in [-0.1, -0.05) is 40.7 Å². The third kappa shape index (κ3) is 3.40. The highest BCUT2D eigenvalue weighted by Crippen LogP contribution is 2.29. The van der Waals surface area contributed by atoms with E-state index in [1.165, 1.54) is 23.1 Å². The van der Waals surface area contributed by atoms with Crippen LogP contribution in [0, 0.1) is 13.8 Å². The summed E-state index contributed by atoms with van der Waals surface area (Å²) >= 11 is 8.94. The third-order valence-electron chi connectivity index (χ3n) is 4.24. The van der Waals surface area contributed by atoms with Crippen molar-refractivity contribution >= 4 is 44.9 Å². The molecule has 4 aromatic rings. The molecule has 0 spiro atoms. The maximum Gasteiger partial charge on any atom is 0.262 e. The number of thiophene rings is 1. The van der Waals surface area contributed by atoms with Crippen molar-refractivity contribution in [3.8, 4) is 11.4 Å². The van der Waals surface area contributed by atoms with Crippen LogP contribution in [0.1, 0.15) is 16.3 Å². The Hall–Kier alpha value is -2.16. The maximum atomic E-state index is 12.7. The molecule has 0 fully saturated rings. The van der Waals surface area contributed by atoms with E-state index >= 15 is 0 Å². The lowest BCUT2D eigenvalue weighted by Crippen LogP contribution is -2.19. The molecule has 0 unspecified atom stereocenters. The third-order valence-corrected chi connectivity index (χ3v) is 6.60. The topological polar surface area (TPSA) is 73.8 Å². The number of rotatable bonds is 4. The van der Waals surface area contributed by atoms with Gasteiger partial charge in [0, 0.05) is 22.5 Å². The molecular weight excluding hydrogens is 404 g/mol. The van der Waals surface area contributed by atoms with Gasteiger partial charge in [-0.15, -0.1) is 11.3 Å². The highest BCUT2D eigenvalue weighted by molar-refractivity contribution is 7.98. The first kappa shape index (κ1) is 18.2. The van der Waals surface area contributed by atoms with Gasteiger partial charge < -0.3 is 4.52 Å². The van der Waals surface area contributed by atoms with E-state index in [0.717, 1.165) is 20.8 Å². The molecule has 0 aliphatic carbocycles. The molecule has 9 heteroatoms. The number of hydrogen-bond donors (Lipinski definition) is 0. The van der Waals surface area contributed by atoms with Crippen LogP contribution in [-0.4, -0.2) is 19.7 Å². The van der Waals surface area contributed by atoms with Gasteiger partial charge >= 0.3 is 0 Å². The molecule has 138 valence electrons. The van der Waals surface area contributed by atoms with E-state index < -0.39 is 0 Å². The van der Waals surface area contributed by atoms with Gasteiger partial charge in [0.05, 0.1) is 11.1 Å². The van der Waals surface area contributed by atoms with Crippen molar-refractivity contribution in [2.45, 2.75) is 24.8 Å². The Labute approximate surface area is 168 Å². The summed E-state index contributed by atoms with van der Waals surface area (Å²) in [6.07, 6.45) is 0. The van der Waals surface area contributed by atoms with Crippen molar-refractivity contribution in [3.05, 3.63) is 56.0 Å². The zero-order valence-corrected chi connectivity index (χ0v) is 17.2. The molecule has 0 amide bonds. The predicted octanol–water partition coefficient (Wildman–Crippen LogP) is 4.61. The lowest BCUT2D eigenvalue weighted by atomic mass is 10.2. The minimum Gasteiger partial charge on any atom is -0.338 e. The minimum absolute atomic E-state index is 0.0329. The van der Waals surface area contributed by atoms with Gasteiger partial charge in [-0.3, -0.25) is 9.36 Å². The average Bonchev–Trinajstić information content (AvgIpc) is 3.22. The van der Waals surface area contributed by atoms with E-state index in [4.69, 9.17) is 16.1 Å². The molecule has 1 aromatic carbocycles. The number of halogens is 1. The van der Waals surface area contributed by atoms with E-state index in [0.29, 0.717) is 33.0 Å². The second-order valence-electron chi connectivity index (χ2n) is 6.03. The molecule has 6 nitrogen and oxygen atoms in total. The van der Waals surface area contributed by atoms with E-state index in [2.05, 4.69) is 15.1 Å². The lowest BCUT2D eigenvalue weighted by Gasteiger charge is -2.05. The zero-order chi connectivity index (χ0) is 19.1. The monoisotopic (exact) mass is 418 g/mol. The molecule has 4 rings (SSSR count). The highest BCUT2D eigenvalue weighted by Gasteiger charge is 2.16. The Balaban J connectivity index is 1.59. The summed E-state index contributed by atoms with van der Waals surface area (Å²) in [4.78, 5) is 23.6. The van der Waals surface area contributed by atoms with Gasteiger partial charge in [0.1, 0.15) is 4.83 Å². The standard InChI is InChI=1S/C18H15ClN4O2S2/c1-9-10(2)27-16-14(9)17(24)23(3)18(21-16)26-8-13-20-15(22-25-13)11-5-4-6-12(19)7-11/h4-7H,8H2,1-3H3. The van der Waals surface area contributed by atoms with Crippen molar-refractivity contribution in [2.75, 3.05) is 0 Å². The van der Waals surface area contributed by atoms with Crippen molar-refractivity contribution in [1.82, 2.24) is 19.7 Å². The molecule has 0 radical (unpaired) electrons. The molecule has 3 heterocycles. The Morgan fingerprint density at radius 1 is 1.30 bits per heavy atom. The van der Waals surface area contributed by atoms with Crippen LogP contribution in [0.5, 0.6) is 0 Å². The van der Waals surface area contributed by atoms with E-state index in [9.17, 15) is 4.79 Å². The first-order valence-electron chi connectivity index (χ1n) is 8.12. The lowest BCUT2D eigenvalue weighted by molar-refractivity contribution is 0.391. The van der Waals surface area contributed by atoms with Crippen LogP contribution < -0.4 is 5.56 Å². The van der Waals surface area contributed by atoms with Crippen molar-refractivity contribution in [3.63, 3.8) is 0 Å². The summed E-state index contributed by atoms with van der Waals surface area (Å²) < 4.78 is 6.89. The molecule has 3 aromatic heterocycles. The van der Waals surface area contributed by atoms with Crippen LogP contribution >= 0.6 is 34.7 Å². The molecule has 0 saturated carbocycles. The molecule has 0 saturated heterocycles. The smallest absolute Gasteiger partial charge is 0.262 e. The van der Waals surface area contributed by atoms with Gasteiger partial charge in [0.2, 0.25) is 11.7 Å². The predicted molar refractivity (Wildman–Crippen MR) is 109 cm³/mol. The van der Waals surface area contributed by atoms with Crippen LogP contribution in [-0.2, 0) is 12.8 Å². The summed E-state index contributed by atoms with van der Waals surface area (Å²) in [5, 5.41) is 5.93. The Morgan fingerprint density at radius 3 is 2.89 bits per heavy atom. The average molecular weight is 419 g/mol. The first-order valence-corrected chi connectivity index (χ1v) is 10.3. The normalized spacial score (nSPS) is 11.4. The Kier molecular flexibility index (Phi) is 4.79. The second-order valence-corrected chi connectivity index (χ2v) is 8.61. The van der Waals surface area contributed by atoms with Crippen molar-refractivity contribution in [1.29, 1.82) is 0 Å². The summed E-state index contributed by atoms with van der Waals surface area (Å²) in [5.74, 6) is 1.36. The SMILES string of the molecule is Cc1sc2nc(SCc3nc(-c4cccc(Cl)c4)no3)n(C)c(=O)c2c1C. The van der Waals surface area contributed by atoms with E-state index in [-0.39, 0.29) is 5.56 Å². The fourth-order valence-corrected chi connectivity index (χ4v) is 4.74.